The molecule has 2 amide bonds. The van der Waals surface area contributed by atoms with Crippen molar-refractivity contribution in [3.63, 3.8) is 0 Å². The van der Waals surface area contributed by atoms with Gasteiger partial charge in [-0.1, -0.05) is 34.6 Å². The number of amides is 2. The van der Waals surface area contributed by atoms with Gasteiger partial charge in [0.05, 0.1) is 6.10 Å². The summed E-state index contributed by atoms with van der Waals surface area (Å²) in [4.78, 5) is 36.7. The summed E-state index contributed by atoms with van der Waals surface area (Å²) in [7, 11) is 0. The zero-order valence-electron chi connectivity index (χ0n) is 25.2. The third-order valence-corrected chi connectivity index (χ3v) is 12.2. The van der Waals surface area contributed by atoms with Gasteiger partial charge < -0.3 is 20.8 Å². The van der Waals surface area contributed by atoms with Crippen LogP contribution in [-0.2, 0) is 14.4 Å². The van der Waals surface area contributed by atoms with Crippen LogP contribution in [0.2, 0.25) is 0 Å². The molecule has 222 valence electrons. The highest BCUT2D eigenvalue weighted by Crippen LogP contribution is 2.68. The van der Waals surface area contributed by atoms with Crippen molar-refractivity contribution in [2.75, 3.05) is 0 Å². The second-order valence-corrected chi connectivity index (χ2v) is 14.7. The molecule has 0 aromatic heterocycles. The molecule has 3 unspecified atom stereocenters. The molecular weight excluding hydrogens is 492 g/mol. The van der Waals surface area contributed by atoms with E-state index < -0.39 is 24.0 Å². The number of fused-ring (bicyclic) bond motifs is 5. The molecular formula is C32H54N2O5. The summed E-state index contributed by atoms with van der Waals surface area (Å²) in [5.41, 5.74) is 0.731. The van der Waals surface area contributed by atoms with Crippen molar-refractivity contribution in [3.8, 4) is 0 Å². The average molecular weight is 547 g/mol. The van der Waals surface area contributed by atoms with E-state index in [-0.39, 0.29) is 17.9 Å². The summed E-state index contributed by atoms with van der Waals surface area (Å²) in [5, 5.41) is 24.8. The van der Waals surface area contributed by atoms with Gasteiger partial charge >= 0.3 is 5.97 Å². The quantitative estimate of drug-likeness (QED) is 0.319. The SMILES string of the molecule is CC(NC(=O)C(NC(=O)CCC(C)[C@H]1CC[C@H]2[C@@H]3CC[C@@H]4C[C@H](O)CC[C@]4(C)[C@H]3CC[C@]12C)C(C)C)C(=O)O. The van der Waals surface area contributed by atoms with E-state index in [1.54, 1.807) is 0 Å². The first kappa shape index (κ1) is 30.3. The number of aliphatic hydroxyl groups is 1. The monoisotopic (exact) mass is 546 g/mol. The highest BCUT2D eigenvalue weighted by atomic mass is 16.4. The lowest BCUT2D eigenvalue weighted by Crippen LogP contribution is -2.54. The van der Waals surface area contributed by atoms with E-state index in [0.717, 1.165) is 37.0 Å². The fourth-order valence-electron chi connectivity index (χ4n) is 9.92. The number of carbonyl (C=O) groups excluding carboxylic acids is 2. The molecule has 0 aliphatic heterocycles. The van der Waals surface area contributed by atoms with Crippen LogP contribution in [0, 0.1) is 52.3 Å². The van der Waals surface area contributed by atoms with Crippen LogP contribution in [0.15, 0.2) is 0 Å². The van der Waals surface area contributed by atoms with Gasteiger partial charge in [-0.3, -0.25) is 14.4 Å². The lowest BCUT2D eigenvalue weighted by Gasteiger charge is -2.61. The van der Waals surface area contributed by atoms with Crippen molar-refractivity contribution < 1.29 is 24.6 Å². The van der Waals surface area contributed by atoms with Gasteiger partial charge in [0.25, 0.3) is 0 Å². The maximum absolute atomic E-state index is 12.9. The van der Waals surface area contributed by atoms with Crippen LogP contribution < -0.4 is 10.6 Å². The Morgan fingerprint density at radius 3 is 2.21 bits per heavy atom. The molecule has 0 bridgehead atoms. The summed E-state index contributed by atoms with van der Waals surface area (Å²) in [6.07, 6.45) is 12.0. The van der Waals surface area contributed by atoms with Crippen molar-refractivity contribution in [1.29, 1.82) is 0 Å². The number of hydrogen-bond acceptors (Lipinski definition) is 4. The number of aliphatic carboxylic acids is 1. The molecule has 4 aliphatic carbocycles. The number of nitrogens with one attached hydrogen (secondary N) is 2. The standard InChI is InChI=1S/C32H54N2O5/c1-18(2)28(29(37)33-20(4)30(38)39)34-27(36)12-7-19(3)24-10-11-25-23-9-8-21-17-22(35)13-15-31(21,5)26(23)14-16-32(24,25)6/h18-26,28,35H,7-17H2,1-6H3,(H,33,37)(H,34,36)(H,38,39)/t19?,20?,21-,22-,23+,24-,25+,26+,28?,31+,32-/m1/s1. The van der Waals surface area contributed by atoms with Crippen molar-refractivity contribution in [2.24, 2.45) is 52.3 Å². The number of rotatable bonds is 9. The molecule has 7 heteroatoms. The zero-order chi connectivity index (χ0) is 28.7. The van der Waals surface area contributed by atoms with Crippen LogP contribution in [0.5, 0.6) is 0 Å². The molecule has 4 rings (SSSR count). The van der Waals surface area contributed by atoms with E-state index in [1.165, 1.54) is 51.9 Å². The first-order valence-electron chi connectivity index (χ1n) is 15.8. The molecule has 0 radical (unpaired) electrons. The first-order chi connectivity index (χ1) is 18.3. The molecule has 0 spiro atoms. The Labute approximate surface area is 235 Å². The second-order valence-electron chi connectivity index (χ2n) is 14.7. The molecule has 7 nitrogen and oxygen atoms in total. The van der Waals surface area contributed by atoms with E-state index >= 15 is 0 Å². The maximum Gasteiger partial charge on any atom is 0.325 e. The van der Waals surface area contributed by atoms with Gasteiger partial charge in [0.2, 0.25) is 11.8 Å². The minimum absolute atomic E-state index is 0.0964. The molecule has 0 heterocycles. The van der Waals surface area contributed by atoms with Crippen LogP contribution in [0.4, 0.5) is 0 Å². The topological polar surface area (TPSA) is 116 Å². The minimum atomic E-state index is -1.09. The summed E-state index contributed by atoms with van der Waals surface area (Å²) in [6.45, 7) is 12.6. The highest BCUT2D eigenvalue weighted by Gasteiger charge is 2.60. The first-order valence-corrected chi connectivity index (χ1v) is 15.8. The van der Waals surface area contributed by atoms with E-state index in [1.807, 2.05) is 13.8 Å². The fourth-order valence-corrected chi connectivity index (χ4v) is 9.92. The average Bonchev–Trinajstić information content (AvgIpc) is 3.23. The number of aliphatic hydroxyl groups excluding tert-OH is 1. The lowest BCUT2D eigenvalue weighted by atomic mass is 9.44. The molecule has 4 saturated carbocycles. The van der Waals surface area contributed by atoms with Crippen molar-refractivity contribution in [1.82, 2.24) is 10.6 Å². The highest BCUT2D eigenvalue weighted by molar-refractivity contribution is 5.90. The summed E-state index contributed by atoms with van der Waals surface area (Å²) >= 11 is 0. The van der Waals surface area contributed by atoms with E-state index in [0.29, 0.717) is 35.0 Å². The third kappa shape index (κ3) is 5.90. The molecule has 4 aliphatic rings. The zero-order valence-corrected chi connectivity index (χ0v) is 25.2. The van der Waals surface area contributed by atoms with Crippen LogP contribution in [0.25, 0.3) is 0 Å². The molecule has 4 fully saturated rings. The number of carboxylic acids is 1. The predicted molar refractivity (Wildman–Crippen MR) is 152 cm³/mol. The van der Waals surface area contributed by atoms with Gasteiger partial charge in [0.15, 0.2) is 0 Å². The van der Waals surface area contributed by atoms with Crippen molar-refractivity contribution >= 4 is 17.8 Å². The summed E-state index contributed by atoms with van der Waals surface area (Å²) < 4.78 is 0. The molecule has 0 aromatic rings. The van der Waals surface area contributed by atoms with Crippen molar-refractivity contribution in [2.45, 2.75) is 130 Å². The third-order valence-electron chi connectivity index (χ3n) is 12.2. The van der Waals surface area contributed by atoms with Gasteiger partial charge in [0.1, 0.15) is 12.1 Å². The van der Waals surface area contributed by atoms with Gasteiger partial charge in [-0.15, -0.1) is 0 Å². The second kappa shape index (κ2) is 11.7. The Hall–Kier alpha value is -1.63. The van der Waals surface area contributed by atoms with Gasteiger partial charge in [0, 0.05) is 6.42 Å². The minimum Gasteiger partial charge on any atom is -0.480 e. The Morgan fingerprint density at radius 1 is 0.872 bits per heavy atom. The maximum atomic E-state index is 12.9. The molecule has 11 atom stereocenters. The largest absolute Gasteiger partial charge is 0.480 e. The summed E-state index contributed by atoms with van der Waals surface area (Å²) in [6, 6.07) is -1.74. The van der Waals surface area contributed by atoms with Gasteiger partial charge in [-0.05, 0) is 123 Å². The Morgan fingerprint density at radius 2 is 1.54 bits per heavy atom. The van der Waals surface area contributed by atoms with Crippen LogP contribution in [0.3, 0.4) is 0 Å². The van der Waals surface area contributed by atoms with Gasteiger partial charge in [-0.2, -0.15) is 0 Å². The van der Waals surface area contributed by atoms with E-state index in [9.17, 15) is 19.5 Å². The Kier molecular flexibility index (Phi) is 9.10. The molecule has 39 heavy (non-hydrogen) atoms. The summed E-state index contributed by atoms with van der Waals surface area (Å²) in [5.74, 6) is 2.31. The fraction of sp³-hybridized carbons (Fsp3) is 0.906. The lowest BCUT2D eigenvalue weighted by molar-refractivity contribution is -0.142. The predicted octanol–water partition coefficient (Wildman–Crippen LogP) is 5.15. The van der Waals surface area contributed by atoms with Crippen LogP contribution in [-0.4, -0.2) is 46.2 Å². The van der Waals surface area contributed by atoms with E-state index in [4.69, 9.17) is 5.11 Å². The van der Waals surface area contributed by atoms with Gasteiger partial charge in [-0.25, -0.2) is 0 Å². The molecule has 4 N–H and O–H groups in total. The number of carboxylic acid groups (broad SMARTS) is 1. The van der Waals surface area contributed by atoms with Crippen LogP contribution in [0.1, 0.15) is 112 Å². The Bertz CT molecular complexity index is 922. The number of hydrogen-bond donors (Lipinski definition) is 4. The number of carbonyl (C=O) groups is 3. The van der Waals surface area contributed by atoms with Crippen LogP contribution >= 0.6 is 0 Å². The Balaban J connectivity index is 1.34. The normalized spacial score (nSPS) is 40.0. The molecule has 0 saturated heterocycles. The molecule has 0 aromatic carbocycles. The van der Waals surface area contributed by atoms with E-state index in [2.05, 4.69) is 31.4 Å². The van der Waals surface area contributed by atoms with Crippen molar-refractivity contribution in [3.05, 3.63) is 0 Å². The smallest absolute Gasteiger partial charge is 0.325 e.